The fraction of sp³-hybridized carbons (Fsp3) is 0.150. The molecule has 0 aliphatic heterocycles. The van der Waals surface area contributed by atoms with Crippen molar-refractivity contribution in [3.05, 3.63) is 60.7 Å². The highest BCUT2D eigenvalue weighted by atomic mass is 16.1. The Morgan fingerprint density at radius 2 is 1.97 bits per heavy atom. The summed E-state index contributed by atoms with van der Waals surface area (Å²) in [4.78, 5) is 35.1. The van der Waals surface area contributed by atoms with E-state index in [1.165, 1.54) is 11.2 Å². The summed E-state index contributed by atoms with van der Waals surface area (Å²) in [7, 11) is 0. The topological polar surface area (TPSA) is 140 Å². The van der Waals surface area contributed by atoms with Gasteiger partial charge in [0.1, 0.15) is 6.29 Å². The van der Waals surface area contributed by atoms with Gasteiger partial charge in [0.2, 0.25) is 0 Å². The Hall–Kier alpha value is -3.85. The van der Waals surface area contributed by atoms with Crippen molar-refractivity contribution in [2.45, 2.75) is 19.4 Å². The molecule has 1 unspecified atom stereocenters. The molecule has 3 rings (SSSR count). The number of carbonyl (C=O) groups excluding carboxylic acids is 2. The van der Waals surface area contributed by atoms with Gasteiger partial charge in [0.25, 0.3) is 5.91 Å². The van der Waals surface area contributed by atoms with Crippen molar-refractivity contribution in [3.8, 4) is 11.1 Å². The summed E-state index contributed by atoms with van der Waals surface area (Å²) >= 11 is 0. The average Bonchev–Trinajstić information content (AvgIpc) is 2.74. The molecule has 1 aromatic carbocycles. The molecule has 148 valence electrons. The molecule has 9 heteroatoms. The predicted molar refractivity (Wildman–Crippen MR) is 110 cm³/mol. The summed E-state index contributed by atoms with van der Waals surface area (Å²) in [5.74, 6) is 5.78. The standard InChI is InChI=1S/C20H21N7O2/c1-13(8-10-28)27(22)17-12-24-18(19(21)29)20(26-17)25-16-6-4-14(5-7-16)15-3-2-9-23-11-15/h2-7,9-13H,8,22H2,1H3,(H2,21,29)(H,25,26). The molecule has 0 radical (unpaired) electrons. The van der Waals surface area contributed by atoms with E-state index in [1.807, 2.05) is 36.4 Å². The van der Waals surface area contributed by atoms with E-state index in [4.69, 9.17) is 11.6 Å². The number of benzene rings is 1. The molecule has 3 aromatic rings. The number of nitrogens with two attached hydrogens (primary N) is 2. The van der Waals surface area contributed by atoms with E-state index in [0.717, 1.165) is 17.4 Å². The molecule has 2 heterocycles. The highest BCUT2D eigenvalue weighted by molar-refractivity contribution is 5.96. The molecule has 29 heavy (non-hydrogen) atoms. The molecule has 1 atom stereocenters. The molecule has 0 bridgehead atoms. The maximum atomic E-state index is 11.8. The largest absolute Gasteiger partial charge is 0.364 e. The number of hydrazine groups is 1. The van der Waals surface area contributed by atoms with Crippen LogP contribution >= 0.6 is 0 Å². The predicted octanol–water partition coefficient (Wildman–Crippen LogP) is 2.04. The SMILES string of the molecule is CC(CC=O)N(N)c1cnc(C(N)=O)c(Nc2ccc(-c3cccnc3)cc2)n1. The highest BCUT2D eigenvalue weighted by Crippen LogP contribution is 2.24. The van der Waals surface area contributed by atoms with E-state index in [2.05, 4.69) is 20.3 Å². The van der Waals surface area contributed by atoms with Crippen LogP contribution in [-0.4, -0.2) is 33.2 Å². The van der Waals surface area contributed by atoms with Crippen molar-refractivity contribution in [1.29, 1.82) is 0 Å². The number of hydrogen-bond donors (Lipinski definition) is 3. The van der Waals surface area contributed by atoms with Gasteiger partial charge in [-0.25, -0.2) is 15.8 Å². The number of aromatic nitrogens is 3. The first kappa shape index (κ1) is 19.9. The first-order valence-corrected chi connectivity index (χ1v) is 8.91. The van der Waals surface area contributed by atoms with Crippen LogP contribution in [0.3, 0.4) is 0 Å². The molecule has 5 N–H and O–H groups in total. The fourth-order valence-corrected chi connectivity index (χ4v) is 2.67. The summed E-state index contributed by atoms with van der Waals surface area (Å²) in [5.41, 5.74) is 8.08. The van der Waals surface area contributed by atoms with E-state index >= 15 is 0 Å². The maximum absolute atomic E-state index is 11.8. The Bertz CT molecular complexity index is 993. The van der Waals surface area contributed by atoms with Crippen molar-refractivity contribution in [1.82, 2.24) is 15.0 Å². The highest BCUT2D eigenvalue weighted by Gasteiger charge is 2.18. The number of nitrogens with one attached hydrogen (secondary N) is 1. The minimum absolute atomic E-state index is 0.0125. The van der Waals surface area contributed by atoms with Crippen LogP contribution in [0.15, 0.2) is 55.0 Å². The van der Waals surface area contributed by atoms with Gasteiger partial charge in [0, 0.05) is 24.5 Å². The molecule has 0 spiro atoms. The number of carbonyl (C=O) groups is 2. The van der Waals surface area contributed by atoms with E-state index in [-0.39, 0.29) is 24.0 Å². The van der Waals surface area contributed by atoms with Gasteiger partial charge in [-0.2, -0.15) is 0 Å². The Balaban J connectivity index is 1.87. The fourth-order valence-electron chi connectivity index (χ4n) is 2.67. The van der Waals surface area contributed by atoms with Gasteiger partial charge in [0.05, 0.1) is 12.2 Å². The quantitative estimate of drug-likeness (QED) is 0.301. The van der Waals surface area contributed by atoms with Crippen molar-refractivity contribution < 1.29 is 9.59 Å². The van der Waals surface area contributed by atoms with Gasteiger partial charge in [0.15, 0.2) is 17.3 Å². The van der Waals surface area contributed by atoms with Crippen LogP contribution in [0, 0.1) is 0 Å². The first-order valence-electron chi connectivity index (χ1n) is 8.91. The zero-order valence-electron chi connectivity index (χ0n) is 15.8. The van der Waals surface area contributed by atoms with E-state index in [0.29, 0.717) is 11.5 Å². The smallest absolute Gasteiger partial charge is 0.271 e. The number of pyridine rings is 1. The third kappa shape index (κ3) is 4.71. The third-order valence-electron chi connectivity index (χ3n) is 4.31. The molecule has 0 saturated heterocycles. The van der Waals surface area contributed by atoms with Crippen molar-refractivity contribution in [2.24, 2.45) is 11.6 Å². The minimum Gasteiger partial charge on any atom is -0.364 e. The Morgan fingerprint density at radius 3 is 2.59 bits per heavy atom. The van der Waals surface area contributed by atoms with Crippen LogP contribution in [-0.2, 0) is 4.79 Å². The number of hydrogen-bond acceptors (Lipinski definition) is 8. The molecule has 2 aromatic heterocycles. The van der Waals surface area contributed by atoms with Gasteiger partial charge in [-0.1, -0.05) is 18.2 Å². The Labute approximate surface area is 167 Å². The molecule has 0 aliphatic rings. The van der Waals surface area contributed by atoms with Crippen LogP contribution in [0.2, 0.25) is 0 Å². The molecular weight excluding hydrogens is 370 g/mol. The normalized spacial score (nSPS) is 11.5. The van der Waals surface area contributed by atoms with Crippen LogP contribution < -0.4 is 21.9 Å². The Kier molecular flexibility index (Phi) is 6.10. The molecule has 0 fully saturated rings. The van der Waals surface area contributed by atoms with Gasteiger partial charge in [-0.15, -0.1) is 0 Å². The zero-order valence-corrected chi connectivity index (χ0v) is 15.8. The lowest BCUT2D eigenvalue weighted by Crippen LogP contribution is -2.40. The number of aldehydes is 1. The molecule has 0 saturated carbocycles. The van der Waals surface area contributed by atoms with Crippen LogP contribution in [0.5, 0.6) is 0 Å². The zero-order chi connectivity index (χ0) is 20.8. The molecular formula is C20H21N7O2. The lowest BCUT2D eigenvalue weighted by Gasteiger charge is -2.24. The van der Waals surface area contributed by atoms with Gasteiger partial charge >= 0.3 is 0 Å². The van der Waals surface area contributed by atoms with E-state index in [1.54, 1.807) is 19.3 Å². The summed E-state index contributed by atoms with van der Waals surface area (Å²) in [6, 6.07) is 11.1. The van der Waals surface area contributed by atoms with Gasteiger partial charge in [-0.05, 0) is 36.2 Å². The van der Waals surface area contributed by atoms with Gasteiger partial charge in [-0.3, -0.25) is 14.8 Å². The Morgan fingerprint density at radius 1 is 1.21 bits per heavy atom. The summed E-state index contributed by atoms with van der Waals surface area (Å²) < 4.78 is 0. The third-order valence-corrected chi connectivity index (χ3v) is 4.31. The maximum Gasteiger partial charge on any atom is 0.271 e. The number of anilines is 3. The first-order chi connectivity index (χ1) is 14.0. The second kappa shape index (κ2) is 8.89. The van der Waals surface area contributed by atoms with Crippen molar-refractivity contribution >= 4 is 29.5 Å². The van der Waals surface area contributed by atoms with E-state index < -0.39 is 5.91 Å². The molecule has 9 nitrogen and oxygen atoms in total. The van der Waals surface area contributed by atoms with Crippen molar-refractivity contribution in [3.63, 3.8) is 0 Å². The minimum atomic E-state index is -0.719. The number of rotatable bonds is 8. The second-order valence-electron chi connectivity index (χ2n) is 6.39. The average molecular weight is 391 g/mol. The van der Waals surface area contributed by atoms with Crippen molar-refractivity contribution in [2.75, 3.05) is 10.3 Å². The van der Waals surface area contributed by atoms with Crippen LogP contribution in [0.1, 0.15) is 23.8 Å². The van der Waals surface area contributed by atoms with Crippen LogP contribution in [0.25, 0.3) is 11.1 Å². The van der Waals surface area contributed by atoms with Crippen LogP contribution in [0.4, 0.5) is 17.3 Å². The number of amides is 1. The van der Waals surface area contributed by atoms with Gasteiger partial charge < -0.3 is 15.8 Å². The lowest BCUT2D eigenvalue weighted by molar-refractivity contribution is -0.108. The summed E-state index contributed by atoms with van der Waals surface area (Å²) in [6.07, 6.45) is 5.84. The summed E-state index contributed by atoms with van der Waals surface area (Å²) in [6.45, 7) is 1.78. The molecule has 0 aliphatic carbocycles. The lowest BCUT2D eigenvalue weighted by atomic mass is 10.1. The number of nitrogens with zero attached hydrogens (tertiary/aromatic N) is 4. The number of primary amides is 1. The monoisotopic (exact) mass is 391 g/mol. The second-order valence-corrected chi connectivity index (χ2v) is 6.39. The van der Waals surface area contributed by atoms with E-state index in [9.17, 15) is 9.59 Å². The summed E-state index contributed by atoms with van der Waals surface area (Å²) in [5, 5.41) is 4.38. The molecule has 1 amide bonds.